The van der Waals surface area contributed by atoms with Gasteiger partial charge in [-0.3, -0.25) is 4.79 Å². The number of hydrogen-bond donors (Lipinski definition) is 2. The minimum absolute atomic E-state index is 0.309. The molecule has 1 amide bonds. The fourth-order valence-corrected chi connectivity index (χ4v) is 3.71. The molecule has 0 atom stereocenters. The summed E-state index contributed by atoms with van der Waals surface area (Å²) in [5, 5.41) is 3.52. The fourth-order valence-electron chi connectivity index (χ4n) is 3.28. The van der Waals surface area contributed by atoms with E-state index in [0.717, 1.165) is 16.6 Å². The normalized spacial score (nSPS) is 12.3. The average molecular weight is 499 g/mol. The average Bonchev–Trinajstić information content (AvgIpc) is 2.96. The van der Waals surface area contributed by atoms with Crippen molar-refractivity contribution >= 4 is 38.8 Å². The van der Waals surface area contributed by atoms with Crippen LogP contribution in [0.3, 0.4) is 0 Å². The van der Waals surface area contributed by atoms with E-state index in [1.807, 2.05) is 13.0 Å². The summed E-state index contributed by atoms with van der Waals surface area (Å²) in [7, 11) is 0. The molecule has 0 aliphatic rings. The lowest BCUT2D eigenvalue weighted by Gasteiger charge is -2.09. The van der Waals surface area contributed by atoms with E-state index in [2.05, 4.69) is 31.0 Å². The molecule has 1 aromatic heterocycles. The maximum atomic E-state index is 14.1. The number of hydrogen-bond acceptors (Lipinski definition) is 2. The Morgan fingerprint density at radius 3 is 2.71 bits per heavy atom. The summed E-state index contributed by atoms with van der Waals surface area (Å²) < 4.78 is 55.7. The number of carbonyl (C=O) groups is 1. The highest BCUT2D eigenvalue weighted by Crippen LogP contribution is 2.28. The molecule has 4 nitrogen and oxygen atoms in total. The Balaban J connectivity index is 1.66. The third-order valence-electron chi connectivity index (χ3n) is 4.64. The molecule has 2 aromatic carbocycles. The van der Waals surface area contributed by atoms with Gasteiger partial charge in [-0.2, -0.15) is 0 Å². The van der Waals surface area contributed by atoms with Crippen LogP contribution in [0.4, 0.5) is 17.6 Å². The van der Waals surface area contributed by atoms with Crippen molar-refractivity contribution in [2.24, 2.45) is 0 Å². The van der Waals surface area contributed by atoms with Crippen LogP contribution in [0.15, 0.2) is 46.4 Å². The van der Waals surface area contributed by atoms with Crippen molar-refractivity contribution in [1.82, 2.24) is 10.3 Å². The summed E-state index contributed by atoms with van der Waals surface area (Å²) in [5.74, 6) is -1.08. The number of aryl methyl sites for hydroxylation is 1. The smallest absolute Gasteiger partial charge is 0.406 e. The zero-order valence-electron chi connectivity index (χ0n) is 16.7. The highest BCUT2D eigenvalue weighted by molar-refractivity contribution is 9.10. The minimum Gasteiger partial charge on any atom is -0.406 e. The van der Waals surface area contributed by atoms with Crippen molar-refractivity contribution in [2.45, 2.75) is 26.6 Å². The third-order valence-corrected chi connectivity index (χ3v) is 5.10. The molecular weight excluding hydrogens is 480 g/mol. The van der Waals surface area contributed by atoms with Crippen LogP contribution in [0.2, 0.25) is 0 Å². The van der Waals surface area contributed by atoms with Crippen LogP contribution < -0.4 is 10.1 Å². The number of nitrogens with one attached hydrogen (secondary N) is 2. The summed E-state index contributed by atoms with van der Waals surface area (Å²) in [6.45, 7) is 3.71. The summed E-state index contributed by atoms with van der Waals surface area (Å²) >= 11 is 3.29. The van der Waals surface area contributed by atoms with Gasteiger partial charge in [0.05, 0.1) is 5.52 Å². The van der Waals surface area contributed by atoms with E-state index in [1.165, 1.54) is 30.3 Å². The van der Waals surface area contributed by atoms with E-state index < -0.39 is 6.36 Å². The molecule has 3 rings (SSSR count). The number of alkyl halides is 3. The monoisotopic (exact) mass is 498 g/mol. The number of aromatic nitrogens is 1. The van der Waals surface area contributed by atoms with E-state index in [9.17, 15) is 22.4 Å². The Bertz CT molecular complexity index is 1150. The van der Waals surface area contributed by atoms with Crippen molar-refractivity contribution in [2.75, 3.05) is 6.54 Å². The van der Waals surface area contributed by atoms with Crippen molar-refractivity contribution in [1.29, 1.82) is 0 Å². The molecule has 0 bridgehead atoms. The summed E-state index contributed by atoms with van der Waals surface area (Å²) in [6.07, 6.45) is -2.83. The Morgan fingerprint density at radius 1 is 1.26 bits per heavy atom. The van der Waals surface area contributed by atoms with Gasteiger partial charge >= 0.3 is 6.36 Å². The number of benzene rings is 2. The molecule has 0 unspecified atom stereocenters. The molecule has 0 radical (unpaired) electrons. The first-order chi connectivity index (χ1) is 14.5. The van der Waals surface area contributed by atoms with Gasteiger partial charge in [-0.05, 0) is 61.7 Å². The number of halogens is 5. The van der Waals surface area contributed by atoms with Gasteiger partial charge in [0.25, 0.3) is 0 Å². The SMILES string of the molecule is C/C(=C\c1cccc(OC(F)(F)F)c1)C(=O)NCCc1c(C)[nH]c2c(F)cc(Br)cc12. The Kier molecular flexibility index (Phi) is 6.74. The van der Waals surface area contributed by atoms with Gasteiger partial charge in [0.15, 0.2) is 0 Å². The molecule has 164 valence electrons. The van der Waals surface area contributed by atoms with Crippen LogP contribution in [0.5, 0.6) is 5.75 Å². The molecule has 0 saturated carbocycles. The van der Waals surface area contributed by atoms with E-state index in [-0.39, 0.29) is 17.5 Å². The van der Waals surface area contributed by atoms with Gasteiger partial charge in [-0.15, -0.1) is 13.2 Å². The van der Waals surface area contributed by atoms with Crippen LogP contribution in [-0.2, 0) is 11.2 Å². The molecule has 9 heteroatoms. The molecule has 31 heavy (non-hydrogen) atoms. The molecule has 0 saturated heterocycles. The van der Waals surface area contributed by atoms with Crippen LogP contribution in [0.25, 0.3) is 17.0 Å². The number of carbonyl (C=O) groups excluding carboxylic acids is 1. The molecule has 1 heterocycles. The number of fused-ring (bicyclic) bond motifs is 1. The predicted octanol–water partition coefficient (Wildman–Crippen LogP) is 6.04. The molecule has 2 N–H and O–H groups in total. The largest absolute Gasteiger partial charge is 0.573 e. The molecule has 0 aliphatic heterocycles. The zero-order chi connectivity index (χ0) is 22.8. The summed E-state index contributed by atoms with van der Waals surface area (Å²) in [4.78, 5) is 15.4. The highest BCUT2D eigenvalue weighted by atomic mass is 79.9. The second-order valence-electron chi connectivity index (χ2n) is 6.99. The number of ether oxygens (including phenoxy) is 1. The van der Waals surface area contributed by atoms with Gasteiger partial charge in [-0.1, -0.05) is 28.1 Å². The van der Waals surface area contributed by atoms with Gasteiger partial charge in [0.1, 0.15) is 11.6 Å². The third kappa shape index (κ3) is 5.88. The quantitative estimate of drug-likeness (QED) is 0.321. The predicted molar refractivity (Wildman–Crippen MR) is 114 cm³/mol. The maximum Gasteiger partial charge on any atom is 0.573 e. The lowest BCUT2D eigenvalue weighted by molar-refractivity contribution is -0.274. The van der Waals surface area contributed by atoms with Gasteiger partial charge in [0.2, 0.25) is 5.91 Å². The molecule has 0 spiro atoms. The first-order valence-electron chi connectivity index (χ1n) is 9.32. The van der Waals surface area contributed by atoms with E-state index >= 15 is 0 Å². The minimum atomic E-state index is -4.78. The maximum absolute atomic E-state index is 14.1. The molecule has 3 aromatic rings. The number of H-pyrrole nitrogens is 1. The van der Waals surface area contributed by atoms with Crippen molar-refractivity contribution in [3.63, 3.8) is 0 Å². The standard InChI is InChI=1S/C22H19BrF4N2O2/c1-12(8-14-4-3-5-16(9-14)31-22(25,26)27)21(30)28-7-6-17-13(2)29-20-18(17)10-15(23)11-19(20)24/h3-5,8-11,29H,6-7H2,1-2H3,(H,28,30)/b12-8+. The first kappa shape index (κ1) is 22.9. The van der Waals surface area contributed by atoms with Crippen LogP contribution in [-0.4, -0.2) is 23.8 Å². The summed E-state index contributed by atoms with van der Waals surface area (Å²) in [6, 6.07) is 8.57. The number of aromatic amines is 1. The first-order valence-corrected chi connectivity index (χ1v) is 10.1. The van der Waals surface area contributed by atoms with E-state index in [1.54, 1.807) is 13.0 Å². The van der Waals surface area contributed by atoms with Crippen molar-refractivity contribution in [3.05, 3.63) is 69.1 Å². The van der Waals surface area contributed by atoms with E-state index in [0.29, 0.717) is 34.1 Å². The van der Waals surface area contributed by atoms with Gasteiger partial charge in [0, 0.05) is 27.7 Å². The summed E-state index contributed by atoms with van der Waals surface area (Å²) in [5.41, 5.74) is 2.86. The van der Waals surface area contributed by atoms with Gasteiger partial charge in [-0.25, -0.2) is 4.39 Å². The topological polar surface area (TPSA) is 54.1 Å². The second kappa shape index (κ2) is 9.13. The number of amides is 1. The Labute approximate surface area is 184 Å². The van der Waals surface area contributed by atoms with Gasteiger partial charge < -0.3 is 15.0 Å². The lowest BCUT2D eigenvalue weighted by Crippen LogP contribution is -2.26. The van der Waals surface area contributed by atoms with Crippen LogP contribution >= 0.6 is 15.9 Å². The van der Waals surface area contributed by atoms with Crippen LogP contribution in [0, 0.1) is 12.7 Å². The number of rotatable bonds is 6. The lowest BCUT2D eigenvalue weighted by atomic mass is 10.1. The Morgan fingerprint density at radius 2 is 2.00 bits per heavy atom. The molecular formula is C22H19BrF4N2O2. The fraction of sp³-hybridized carbons (Fsp3) is 0.227. The highest BCUT2D eigenvalue weighted by Gasteiger charge is 2.31. The van der Waals surface area contributed by atoms with Crippen molar-refractivity contribution < 1.29 is 27.1 Å². The van der Waals surface area contributed by atoms with E-state index in [4.69, 9.17) is 0 Å². The zero-order valence-corrected chi connectivity index (χ0v) is 18.2. The molecule has 0 fully saturated rings. The van der Waals surface area contributed by atoms with Crippen molar-refractivity contribution in [3.8, 4) is 5.75 Å². The Hall–Kier alpha value is -2.81. The molecule has 0 aliphatic carbocycles. The van der Waals surface area contributed by atoms with Crippen LogP contribution in [0.1, 0.15) is 23.7 Å². The second-order valence-corrected chi connectivity index (χ2v) is 7.91.